The quantitative estimate of drug-likeness (QED) is 0.495. The van der Waals surface area contributed by atoms with Gasteiger partial charge in [-0.15, -0.1) is 11.6 Å². The maximum absolute atomic E-state index is 12.5. The molecule has 0 amide bonds. The van der Waals surface area contributed by atoms with Gasteiger partial charge in [-0.3, -0.25) is 9.59 Å². The van der Waals surface area contributed by atoms with E-state index in [2.05, 4.69) is 4.98 Å². The summed E-state index contributed by atoms with van der Waals surface area (Å²) in [4.78, 5) is 27.1. The summed E-state index contributed by atoms with van der Waals surface area (Å²) in [5, 5.41) is -1.18. The number of aromatic amines is 1. The summed E-state index contributed by atoms with van der Waals surface area (Å²) in [5.41, 5.74) is 1.42. The van der Waals surface area contributed by atoms with Crippen LogP contribution in [0.25, 0.3) is 0 Å². The molecule has 1 aromatic heterocycles. The molecule has 134 valence electrons. The maximum Gasteiger partial charge on any atom is 0.328 e. The average molecular weight is 356 g/mol. The Morgan fingerprint density at radius 1 is 1.29 bits per heavy atom. The van der Waals surface area contributed by atoms with Gasteiger partial charge in [0, 0.05) is 11.3 Å². The molecule has 1 atom stereocenters. The Labute approximate surface area is 147 Å². The van der Waals surface area contributed by atoms with Gasteiger partial charge in [0.2, 0.25) is 0 Å². The summed E-state index contributed by atoms with van der Waals surface area (Å²) >= 11 is 6.22. The summed E-state index contributed by atoms with van der Waals surface area (Å²) in [6.07, 6.45) is 7.31. The number of nitrogens with one attached hydrogen (secondary N) is 1. The number of pyridine rings is 1. The van der Waals surface area contributed by atoms with E-state index in [1.54, 1.807) is 0 Å². The third-order valence-electron chi connectivity index (χ3n) is 4.62. The zero-order valence-corrected chi connectivity index (χ0v) is 15.4. The van der Waals surface area contributed by atoms with Crippen molar-refractivity contribution in [1.29, 1.82) is 0 Å². The standard InChI is InChI=1S/C18H26ClNO4/c1-4-13-11(2)20-17(21)14(15(19)18(22)23-3)16(13)24-12-9-7-5-6-8-10-12/h12,15H,4-10H2,1-3H3,(H,20,21). The molecule has 1 N–H and O–H groups in total. The van der Waals surface area contributed by atoms with Gasteiger partial charge in [0.15, 0.2) is 5.38 Å². The molecule has 1 aliphatic carbocycles. The predicted octanol–water partition coefficient (Wildman–Crippen LogP) is 3.80. The molecule has 1 heterocycles. The Balaban J connectivity index is 2.48. The second-order valence-corrected chi connectivity index (χ2v) is 6.71. The van der Waals surface area contributed by atoms with E-state index < -0.39 is 16.9 Å². The van der Waals surface area contributed by atoms with E-state index >= 15 is 0 Å². The molecule has 1 aliphatic rings. The number of H-pyrrole nitrogens is 1. The average Bonchev–Trinajstić information content (AvgIpc) is 2.82. The van der Waals surface area contributed by atoms with Crippen molar-refractivity contribution in [2.45, 2.75) is 70.3 Å². The topological polar surface area (TPSA) is 68.4 Å². The van der Waals surface area contributed by atoms with Crippen molar-refractivity contribution in [3.05, 3.63) is 27.2 Å². The molecule has 0 saturated heterocycles. The molecule has 0 spiro atoms. The number of hydrogen-bond donors (Lipinski definition) is 1. The number of halogens is 1. The Kier molecular flexibility index (Phi) is 6.72. The number of carbonyl (C=O) groups excluding carboxylic acids is 1. The van der Waals surface area contributed by atoms with Crippen LogP contribution in [0.15, 0.2) is 4.79 Å². The second-order valence-electron chi connectivity index (χ2n) is 6.27. The first kappa shape index (κ1) is 18.8. The molecule has 24 heavy (non-hydrogen) atoms. The summed E-state index contributed by atoms with van der Waals surface area (Å²) < 4.78 is 11.0. The van der Waals surface area contributed by atoms with E-state index in [0.717, 1.165) is 36.9 Å². The smallest absolute Gasteiger partial charge is 0.328 e. The van der Waals surface area contributed by atoms with Crippen LogP contribution in [0.5, 0.6) is 5.75 Å². The van der Waals surface area contributed by atoms with E-state index in [0.29, 0.717) is 12.2 Å². The van der Waals surface area contributed by atoms with Gasteiger partial charge in [-0.05, 0) is 39.0 Å². The fourth-order valence-corrected chi connectivity index (χ4v) is 3.57. The first-order valence-electron chi connectivity index (χ1n) is 8.63. The zero-order chi connectivity index (χ0) is 17.7. The van der Waals surface area contributed by atoms with Crippen molar-refractivity contribution in [3.63, 3.8) is 0 Å². The van der Waals surface area contributed by atoms with Crippen LogP contribution < -0.4 is 10.3 Å². The molecule has 0 bridgehead atoms. The normalized spacial score (nSPS) is 17.2. The summed E-state index contributed by atoms with van der Waals surface area (Å²) in [7, 11) is 1.26. The fourth-order valence-electron chi connectivity index (χ4n) is 3.29. The van der Waals surface area contributed by atoms with Crippen molar-refractivity contribution < 1.29 is 14.3 Å². The lowest BCUT2D eigenvalue weighted by Gasteiger charge is -2.23. The van der Waals surface area contributed by atoms with Crippen LogP contribution in [0.2, 0.25) is 0 Å². The maximum atomic E-state index is 12.5. The van der Waals surface area contributed by atoms with Crippen LogP contribution in [0.4, 0.5) is 0 Å². The second kappa shape index (κ2) is 8.56. The zero-order valence-electron chi connectivity index (χ0n) is 14.6. The van der Waals surface area contributed by atoms with Gasteiger partial charge in [0.1, 0.15) is 5.75 Å². The largest absolute Gasteiger partial charge is 0.490 e. The highest BCUT2D eigenvalue weighted by Crippen LogP contribution is 2.34. The molecule has 5 nitrogen and oxygen atoms in total. The molecular weight excluding hydrogens is 330 g/mol. The number of esters is 1. The molecule has 0 aliphatic heterocycles. The van der Waals surface area contributed by atoms with E-state index in [-0.39, 0.29) is 11.7 Å². The molecule has 0 radical (unpaired) electrons. The number of aromatic nitrogens is 1. The molecule has 1 aromatic rings. The van der Waals surface area contributed by atoms with E-state index in [1.807, 2.05) is 13.8 Å². The minimum atomic E-state index is -1.18. The number of carbonyl (C=O) groups is 1. The van der Waals surface area contributed by atoms with E-state index in [9.17, 15) is 9.59 Å². The van der Waals surface area contributed by atoms with Crippen molar-refractivity contribution in [2.75, 3.05) is 7.11 Å². The molecule has 1 unspecified atom stereocenters. The lowest BCUT2D eigenvalue weighted by Crippen LogP contribution is -2.26. The van der Waals surface area contributed by atoms with Gasteiger partial charge in [0.25, 0.3) is 5.56 Å². The van der Waals surface area contributed by atoms with Gasteiger partial charge in [0.05, 0.1) is 18.8 Å². The van der Waals surface area contributed by atoms with Gasteiger partial charge in [-0.25, -0.2) is 0 Å². The number of methoxy groups -OCH3 is 1. The van der Waals surface area contributed by atoms with Crippen LogP contribution in [0.3, 0.4) is 0 Å². The molecule has 2 rings (SSSR count). The number of alkyl halides is 1. The Hall–Kier alpha value is -1.49. The van der Waals surface area contributed by atoms with E-state index in [1.165, 1.54) is 20.0 Å². The lowest BCUT2D eigenvalue weighted by molar-refractivity contribution is -0.140. The first-order chi connectivity index (χ1) is 11.5. The highest BCUT2D eigenvalue weighted by molar-refractivity contribution is 6.30. The predicted molar refractivity (Wildman–Crippen MR) is 93.9 cm³/mol. The van der Waals surface area contributed by atoms with Crippen LogP contribution in [0, 0.1) is 6.92 Å². The van der Waals surface area contributed by atoms with Crippen molar-refractivity contribution >= 4 is 17.6 Å². The van der Waals surface area contributed by atoms with Crippen LogP contribution in [-0.2, 0) is 16.0 Å². The van der Waals surface area contributed by atoms with Crippen molar-refractivity contribution in [1.82, 2.24) is 4.98 Å². The highest BCUT2D eigenvalue weighted by atomic mass is 35.5. The molecular formula is C18H26ClNO4. The van der Waals surface area contributed by atoms with Gasteiger partial charge in [-0.2, -0.15) is 0 Å². The number of rotatable bonds is 5. The number of hydrogen-bond acceptors (Lipinski definition) is 4. The van der Waals surface area contributed by atoms with E-state index in [4.69, 9.17) is 21.1 Å². The van der Waals surface area contributed by atoms with Gasteiger partial charge in [-0.1, -0.05) is 19.8 Å². The Bertz CT molecular complexity index is 633. The van der Waals surface area contributed by atoms with Crippen molar-refractivity contribution in [3.8, 4) is 5.75 Å². The fraction of sp³-hybridized carbons (Fsp3) is 0.667. The highest BCUT2D eigenvalue weighted by Gasteiger charge is 2.30. The van der Waals surface area contributed by atoms with Crippen LogP contribution in [0.1, 0.15) is 67.6 Å². The van der Waals surface area contributed by atoms with Crippen LogP contribution >= 0.6 is 11.6 Å². The van der Waals surface area contributed by atoms with Crippen LogP contribution in [-0.4, -0.2) is 24.2 Å². The number of ether oxygens (including phenoxy) is 2. The third-order valence-corrected chi connectivity index (χ3v) is 5.02. The summed E-state index contributed by atoms with van der Waals surface area (Å²) in [6, 6.07) is 0. The Morgan fingerprint density at radius 2 is 1.92 bits per heavy atom. The monoisotopic (exact) mass is 355 g/mol. The SMILES string of the molecule is CCc1c(C)[nH]c(=O)c(C(Cl)C(=O)OC)c1OC1CCCCCC1. The van der Waals surface area contributed by atoms with Gasteiger partial charge < -0.3 is 14.5 Å². The number of aryl methyl sites for hydroxylation is 1. The van der Waals surface area contributed by atoms with Gasteiger partial charge >= 0.3 is 5.97 Å². The first-order valence-corrected chi connectivity index (χ1v) is 9.07. The third kappa shape index (κ3) is 4.12. The minimum Gasteiger partial charge on any atom is -0.490 e. The summed E-state index contributed by atoms with van der Waals surface area (Å²) in [6.45, 7) is 3.83. The molecule has 6 heteroatoms. The molecule has 1 saturated carbocycles. The molecule has 0 aromatic carbocycles. The lowest BCUT2D eigenvalue weighted by atomic mass is 10.0. The van der Waals surface area contributed by atoms with Crippen molar-refractivity contribution in [2.24, 2.45) is 0 Å². The Morgan fingerprint density at radius 3 is 2.46 bits per heavy atom. The molecule has 1 fully saturated rings. The summed E-state index contributed by atoms with van der Waals surface area (Å²) in [5.74, 6) is -0.185. The minimum absolute atomic E-state index is 0.0549.